The highest BCUT2D eigenvalue weighted by molar-refractivity contribution is 5.37. The topological polar surface area (TPSA) is 32.7 Å². The fraction of sp³-hybridized carbons (Fsp3) is 0.500. The van der Waals surface area contributed by atoms with Crippen LogP contribution in [0.4, 0.5) is 4.39 Å². The van der Waals surface area contributed by atoms with Gasteiger partial charge in [-0.2, -0.15) is 0 Å². The molecule has 0 saturated carbocycles. The van der Waals surface area contributed by atoms with Crippen molar-refractivity contribution in [3.8, 4) is 11.8 Å². The molecule has 0 atom stereocenters. The van der Waals surface area contributed by atoms with Gasteiger partial charge in [-0.25, -0.2) is 4.39 Å². The van der Waals surface area contributed by atoms with Crippen LogP contribution in [-0.4, -0.2) is 43.4 Å². The predicted molar refractivity (Wildman–Crippen MR) is 77.8 cm³/mol. The van der Waals surface area contributed by atoms with Crippen molar-refractivity contribution in [1.82, 2.24) is 4.90 Å². The minimum Gasteiger partial charge on any atom is -0.395 e. The van der Waals surface area contributed by atoms with E-state index in [1.165, 1.54) is 6.07 Å². The molecule has 1 aromatic rings. The van der Waals surface area contributed by atoms with Gasteiger partial charge >= 0.3 is 0 Å². The van der Waals surface area contributed by atoms with Gasteiger partial charge in [-0.15, -0.1) is 0 Å². The van der Waals surface area contributed by atoms with Crippen LogP contribution in [0.3, 0.4) is 0 Å². The maximum atomic E-state index is 13.9. The van der Waals surface area contributed by atoms with Gasteiger partial charge in [0.1, 0.15) is 5.82 Å². The van der Waals surface area contributed by atoms with Crippen molar-refractivity contribution in [2.75, 3.05) is 33.4 Å². The van der Waals surface area contributed by atoms with E-state index in [1.807, 2.05) is 18.9 Å². The summed E-state index contributed by atoms with van der Waals surface area (Å²) >= 11 is 0. The molecule has 0 aliphatic carbocycles. The summed E-state index contributed by atoms with van der Waals surface area (Å²) in [7, 11) is 1.94. The van der Waals surface area contributed by atoms with Crippen LogP contribution < -0.4 is 0 Å². The lowest BCUT2D eigenvalue weighted by Gasteiger charge is -2.16. The van der Waals surface area contributed by atoms with E-state index in [1.54, 1.807) is 12.1 Å². The van der Waals surface area contributed by atoms with E-state index >= 15 is 0 Å². The molecule has 0 heterocycles. The molecule has 0 aromatic heterocycles. The first kappa shape index (κ1) is 16.6. The van der Waals surface area contributed by atoms with E-state index in [0.717, 1.165) is 6.54 Å². The Morgan fingerprint density at radius 3 is 2.85 bits per heavy atom. The molecule has 0 radical (unpaired) electrons. The van der Waals surface area contributed by atoms with Gasteiger partial charge in [0.05, 0.1) is 13.2 Å². The van der Waals surface area contributed by atoms with Gasteiger partial charge in [-0.3, -0.25) is 4.90 Å². The molecule has 4 heteroatoms. The summed E-state index contributed by atoms with van der Waals surface area (Å²) in [4.78, 5) is 2.02. The minimum atomic E-state index is -0.246. The van der Waals surface area contributed by atoms with Crippen molar-refractivity contribution in [3.63, 3.8) is 0 Å². The molecular formula is C16H22FNO2. The van der Waals surface area contributed by atoms with Crippen LogP contribution in [0.1, 0.15) is 24.5 Å². The molecule has 0 fully saturated rings. The van der Waals surface area contributed by atoms with E-state index in [9.17, 15) is 4.39 Å². The lowest BCUT2D eigenvalue weighted by atomic mass is 10.1. The zero-order valence-electron chi connectivity index (χ0n) is 12.2. The van der Waals surface area contributed by atoms with Crippen LogP contribution in [0.25, 0.3) is 0 Å². The second-order valence-corrected chi connectivity index (χ2v) is 4.52. The monoisotopic (exact) mass is 279 g/mol. The van der Waals surface area contributed by atoms with Crippen molar-refractivity contribution in [2.45, 2.75) is 19.9 Å². The summed E-state index contributed by atoms with van der Waals surface area (Å²) in [5, 5.41) is 8.64. The highest BCUT2D eigenvalue weighted by atomic mass is 19.1. The number of hydrogen-bond acceptors (Lipinski definition) is 3. The van der Waals surface area contributed by atoms with E-state index in [2.05, 4.69) is 11.8 Å². The normalized spacial score (nSPS) is 10.4. The quantitative estimate of drug-likeness (QED) is 0.612. The Morgan fingerprint density at radius 2 is 2.20 bits per heavy atom. The number of halogens is 1. The molecule has 110 valence electrons. The highest BCUT2D eigenvalue weighted by Crippen LogP contribution is 2.12. The second kappa shape index (κ2) is 9.49. The number of aliphatic hydroxyl groups is 1. The van der Waals surface area contributed by atoms with Crippen molar-refractivity contribution in [2.24, 2.45) is 0 Å². The number of benzene rings is 1. The number of aliphatic hydroxyl groups excluding tert-OH is 1. The maximum absolute atomic E-state index is 13.9. The lowest BCUT2D eigenvalue weighted by molar-refractivity contribution is 0.120. The van der Waals surface area contributed by atoms with E-state index in [4.69, 9.17) is 9.84 Å². The molecule has 0 spiro atoms. The van der Waals surface area contributed by atoms with E-state index in [-0.39, 0.29) is 12.4 Å². The zero-order chi connectivity index (χ0) is 14.8. The Morgan fingerprint density at radius 1 is 1.40 bits per heavy atom. The predicted octanol–water partition coefficient (Wildman–Crippen LogP) is 2.03. The molecule has 0 saturated heterocycles. The summed E-state index contributed by atoms with van der Waals surface area (Å²) in [6.07, 6.45) is 0.406. The summed E-state index contributed by atoms with van der Waals surface area (Å²) < 4.78 is 19.2. The van der Waals surface area contributed by atoms with Crippen LogP contribution >= 0.6 is 0 Å². The van der Waals surface area contributed by atoms with E-state index in [0.29, 0.717) is 37.3 Å². The fourth-order valence-corrected chi connectivity index (χ4v) is 1.71. The Bertz CT molecular complexity index is 465. The average molecular weight is 279 g/mol. The Hall–Kier alpha value is -1.41. The molecule has 0 bridgehead atoms. The average Bonchev–Trinajstić information content (AvgIpc) is 2.42. The largest absolute Gasteiger partial charge is 0.395 e. The van der Waals surface area contributed by atoms with Crippen LogP contribution in [0.2, 0.25) is 0 Å². The van der Waals surface area contributed by atoms with Gasteiger partial charge in [0.15, 0.2) is 0 Å². The summed E-state index contributed by atoms with van der Waals surface area (Å²) in [6, 6.07) is 5.00. The molecule has 3 nitrogen and oxygen atoms in total. The molecule has 1 rings (SSSR count). The van der Waals surface area contributed by atoms with Gasteiger partial charge in [-0.1, -0.05) is 17.9 Å². The van der Waals surface area contributed by atoms with Gasteiger partial charge in [0, 0.05) is 37.2 Å². The smallest absolute Gasteiger partial charge is 0.128 e. The first-order chi connectivity index (χ1) is 9.67. The van der Waals surface area contributed by atoms with E-state index < -0.39 is 0 Å². The van der Waals surface area contributed by atoms with Crippen LogP contribution in [0.15, 0.2) is 18.2 Å². The SMILES string of the molecule is CCOCCN(C)Cc1ccc(C#CCCO)cc1F. The molecule has 0 aliphatic heterocycles. The molecule has 1 aromatic carbocycles. The molecular weight excluding hydrogens is 257 g/mol. The summed E-state index contributed by atoms with van der Waals surface area (Å²) in [6.45, 7) is 4.64. The van der Waals surface area contributed by atoms with Crippen molar-refractivity contribution in [3.05, 3.63) is 35.1 Å². The highest BCUT2D eigenvalue weighted by Gasteiger charge is 2.06. The third-order valence-electron chi connectivity index (χ3n) is 2.78. The third kappa shape index (κ3) is 6.16. The molecule has 1 N–H and O–H groups in total. The van der Waals surface area contributed by atoms with Gasteiger partial charge < -0.3 is 9.84 Å². The summed E-state index contributed by atoms with van der Waals surface area (Å²) in [5.74, 6) is 5.36. The van der Waals surface area contributed by atoms with Crippen molar-refractivity contribution in [1.29, 1.82) is 0 Å². The number of ether oxygens (including phenoxy) is 1. The maximum Gasteiger partial charge on any atom is 0.128 e. The van der Waals surface area contributed by atoms with Crippen molar-refractivity contribution >= 4 is 0 Å². The number of likely N-dealkylation sites (N-methyl/N-ethyl adjacent to an activating group) is 1. The van der Waals surface area contributed by atoms with Crippen molar-refractivity contribution < 1.29 is 14.2 Å². The second-order valence-electron chi connectivity index (χ2n) is 4.52. The van der Waals surface area contributed by atoms with Crippen LogP contribution in [0.5, 0.6) is 0 Å². The Balaban J connectivity index is 2.57. The lowest BCUT2D eigenvalue weighted by Crippen LogP contribution is -2.23. The Labute approximate surface area is 120 Å². The zero-order valence-corrected chi connectivity index (χ0v) is 12.2. The van der Waals surface area contributed by atoms with Crippen LogP contribution in [0, 0.1) is 17.7 Å². The molecule has 20 heavy (non-hydrogen) atoms. The number of nitrogens with zero attached hydrogens (tertiary/aromatic N) is 1. The summed E-state index contributed by atoms with van der Waals surface area (Å²) in [5.41, 5.74) is 1.29. The first-order valence-electron chi connectivity index (χ1n) is 6.81. The first-order valence-corrected chi connectivity index (χ1v) is 6.81. The number of hydrogen-bond donors (Lipinski definition) is 1. The fourth-order valence-electron chi connectivity index (χ4n) is 1.71. The van der Waals surface area contributed by atoms with Gasteiger partial charge in [0.2, 0.25) is 0 Å². The van der Waals surface area contributed by atoms with Crippen LogP contribution in [-0.2, 0) is 11.3 Å². The van der Waals surface area contributed by atoms with Gasteiger partial charge in [0.25, 0.3) is 0 Å². The minimum absolute atomic E-state index is 0.0260. The molecule has 0 aliphatic rings. The third-order valence-corrected chi connectivity index (χ3v) is 2.78. The molecule has 0 unspecified atom stereocenters. The Kier molecular flexibility index (Phi) is 7.89. The standard InChI is InChI=1S/C16H22FNO2/c1-3-20-11-9-18(2)13-15-8-7-14(12-16(15)17)6-4-5-10-19/h7-8,12,19H,3,5,9-11,13H2,1-2H3. The van der Waals surface area contributed by atoms with Gasteiger partial charge in [-0.05, 0) is 26.1 Å². The molecule has 0 amide bonds. The number of rotatable bonds is 7.